The van der Waals surface area contributed by atoms with Gasteiger partial charge in [-0.25, -0.2) is 9.97 Å². The predicted molar refractivity (Wildman–Crippen MR) is 131 cm³/mol. The first-order valence-corrected chi connectivity index (χ1v) is 11.2. The molecule has 0 bridgehead atoms. The molecule has 3 aromatic rings. The Labute approximate surface area is 190 Å². The average molecular weight is 444 g/mol. The Bertz CT molecular complexity index is 915. The van der Waals surface area contributed by atoms with Gasteiger partial charge in [0.15, 0.2) is 5.52 Å². The van der Waals surface area contributed by atoms with Crippen LogP contribution < -0.4 is 9.64 Å². The van der Waals surface area contributed by atoms with Gasteiger partial charge in [0.05, 0.1) is 31.5 Å². The molecule has 0 amide bonds. The maximum absolute atomic E-state index is 5.33. The van der Waals surface area contributed by atoms with E-state index in [1.165, 1.54) is 6.54 Å². The standard InChI is InChI=1S/C16H16N4O.C6H13NO.CH4S/c1-20(2)12-6-4-11(5-7-12)13-10-14-15(16(19-13)21-3)18-9-8-17-14;1-2-7-3-5-8-6-4-7;1-2/h4-10H,1-3H3;2-6H2,1H3;2H,1H3. The molecule has 1 aromatic carbocycles. The van der Waals surface area contributed by atoms with Crippen molar-refractivity contribution in [1.82, 2.24) is 19.9 Å². The first kappa shape index (κ1) is 24.8. The molecule has 0 unspecified atom stereocenters. The fourth-order valence-corrected chi connectivity index (χ4v) is 3.08. The highest BCUT2D eigenvalue weighted by Crippen LogP contribution is 2.27. The van der Waals surface area contributed by atoms with Gasteiger partial charge in [0.1, 0.15) is 0 Å². The summed E-state index contributed by atoms with van der Waals surface area (Å²) in [6, 6.07) is 10.1. The van der Waals surface area contributed by atoms with Crippen LogP contribution in [0.25, 0.3) is 22.3 Å². The molecular weight excluding hydrogens is 410 g/mol. The minimum Gasteiger partial charge on any atom is -0.479 e. The number of aromatic nitrogens is 3. The number of hydrogen-bond donors (Lipinski definition) is 1. The number of pyridine rings is 1. The van der Waals surface area contributed by atoms with Gasteiger partial charge >= 0.3 is 0 Å². The van der Waals surface area contributed by atoms with Gasteiger partial charge in [0, 0.05) is 50.8 Å². The molecule has 2 aromatic heterocycles. The first-order chi connectivity index (χ1) is 15.1. The quantitative estimate of drug-likeness (QED) is 0.618. The highest BCUT2D eigenvalue weighted by atomic mass is 32.1. The van der Waals surface area contributed by atoms with Gasteiger partial charge in [0.25, 0.3) is 0 Å². The monoisotopic (exact) mass is 443 g/mol. The first-order valence-electron chi connectivity index (χ1n) is 10.3. The van der Waals surface area contributed by atoms with Crippen LogP contribution in [0.4, 0.5) is 5.69 Å². The SMILES string of the molecule is CCN1CCOCC1.COc1nc(-c2ccc(N(C)C)cc2)cc2nccnc12.CS. The van der Waals surface area contributed by atoms with Crippen LogP contribution in [0, 0.1) is 0 Å². The lowest BCUT2D eigenvalue weighted by molar-refractivity contribution is 0.0405. The van der Waals surface area contributed by atoms with Gasteiger partial charge in [0.2, 0.25) is 5.88 Å². The number of benzene rings is 1. The topological polar surface area (TPSA) is 63.6 Å². The molecule has 1 aliphatic rings. The van der Waals surface area contributed by atoms with Crippen LogP contribution >= 0.6 is 12.6 Å². The molecule has 1 saturated heterocycles. The summed E-state index contributed by atoms with van der Waals surface area (Å²) in [5, 5.41) is 0. The second kappa shape index (κ2) is 13.1. The van der Waals surface area contributed by atoms with Gasteiger partial charge in [-0.3, -0.25) is 9.88 Å². The Kier molecular flexibility index (Phi) is 10.5. The zero-order valence-electron chi connectivity index (χ0n) is 19.1. The van der Waals surface area contributed by atoms with Gasteiger partial charge in [-0.2, -0.15) is 12.6 Å². The zero-order chi connectivity index (χ0) is 22.6. The van der Waals surface area contributed by atoms with Crippen molar-refractivity contribution in [2.75, 3.05) is 65.2 Å². The summed E-state index contributed by atoms with van der Waals surface area (Å²) in [6.07, 6.45) is 5.00. The molecule has 168 valence electrons. The molecule has 0 radical (unpaired) electrons. The number of ether oxygens (including phenoxy) is 2. The lowest BCUT2D eigenvalue weighted by Crippen LogP contribution is -2.35. The summed E-state index contributed by atoms with van der Waals surface area (Å²) in [5.41, 5.74) is 4.44. The second-order valence-electron chi connectivity index (χ2n) is 6.93. The van der Waals surface area contributed by atoms with E-state index >= 15 is 0 Å². The van der Waals surface area contributed by atoms with Crippen molar-refractivity contribution in [3.05, 3.63) is 42.7 Å². The van der Waals surface area contributed by atoms with Crippen LogP contribution in [0.3, 0.4) is 0 Å². The van der Waals surface area contributed by atoms with Gasteiger partial charge in [-0.15, -0.1) is 0 Å². The summed E-state index contributed by atoms with van der Waals surface area (Å²) >= 11 is 3.53. The molecule has 7 nitrogen and oxygen atoms in total. The van der Waals surface area contributed by atoms with Crippen LogP contribution in [-0.2, 0) is 4.74 Å². The van der Waals surface area contributed by atoms with Crippen molar-refractivity contribution in [2.24, 2.45) is 0 Å². The van der Waals surface area contributed by atoms with Crippen LogP contribution in [0.1, 0.15) is 6.92 Å². The Morgan fingerprint density at radius 1 is 1.06 bits per heavy atom. The van der Waals surface area contributed by atoms with E-state index in [-0.39, 0.29) is 0 Å². The van der Waals surface area contributed by atoms with Crippen molar-refractivity contribution in [3.8, 4) is 17.1 Å². The van der Waals surface area contributed by atoms with Crippen molar-refractivity contribution < 1.29 is 9.47 Å². The molecule has 8 heteroatoms. The van der Waals surface area contributed by atoms with Gasteiger partial charge in [-0.05, 0) is 31.0 Å². The molecule has 0 aliphatic carbocycles. The second-order valence-corrected chi connectivity index (χ2v) is 6.93. The van der Waals surface area contributed by atoms with E-state index < -0.39 is 0 Å². The number of fused-ring (bicyclic) bond motifs is 1. The fourth-order valence-electron chi connectivity index (χ4n) is 3.08. The van der Waals surface area contributed by atoms with Crippen molar-refractivity contribution in [3.63, 3.8) is 0 Å². The minimum atomic E-state index is 0.493. The Balaban J connectivity index is 0.000000286. The summed E-state index contributed by atoms with van der Waals surface area (Å²) in [6.45, 7) is 7.45. The lowest BCUT2D eigenvalue weighted by Gasteiger charge is -2.24. The third-order valence-electron chi connectivity index (χ3n) is 4.85. The largest absolute Gasteiger partial charge is 0.479 e. The molecule has 1 aliphatic heterocycles. The molecule has 0 spiro atoms. The Morgan fingerprint density at radius 2 is 1.71 bits per heavy atom. The highest BCUT2D eigenvalue weighted by Gasteiger charge is 2.10. The van der Waals surface area contributed by atoms with E-state index in [0.717, 1.165) is 48.8 Å². The summed E-state index contributed by atoms with van der Waals surface area (Å²) in [4.78, 5) is 17.6. The molecule has 0 atom stereocenters. The van der Waals surface area contributed by atoms with Crippen LogP contribution in [-0.4, -0.2) is 80.2 Å². The number of thiol groups is 1. The summed E-state index contributed by atoms with van der Waals surface area (Å²) in [7, 11) is 5.62. The molecule has 0 N–H and O–H groups in total. The van der Waals surface area contributed by atoms with E-state index in [1.54, 1.807) is 25.8 Å². The number of morpholine rings is 1. The number of methoxy groups -OCH3 is 1. The number of nitrogens with zero attached hydrogens (tertiary/aromatic N) is 5. The van der Waals surface area contributed by atoms with Crippen molar-refractivity contribution in [2.45, 2.75) is 6.92 Å². The molecule has 4 rings (SSSR count). The zero-order valence-corrected chi connectivity index (χ0v) is 20.0. The number of likely N-dealkylation sites (N-methyl/N-ethyl adjacent to an activating group) is 1. The van der Waals surface area contributed by atoms with E-state index in [9.17, 15) is 0 Å². The maximum Gasteiger partial charge on any atom is 0.242 e. The minimum absolute atomic E-state index is 0.493. The fraction of sp³-hybridized carbons (Fsp3) is 0.435. The van der Waals surface area contributed by atoms with Gasteiger partial charge in [-0.1, -0.05) is 19.1 Å². The molecule has 1 fully saturated rings. The van der Waals surface area contributed by atoms with E-state index in [1.807, 2.05) is 32.3 Å². The van der Waals surface area contributed by atoms with Gasteiger partial charge < -0.3 is 14.4 Å². The highest BCUT2D eigenvalue weighted by molar-refractivity contribution is 7.79. The predicted octanol–water partition coefficient (Wildman–Crippen LogP) is 3.65. The normalized spacial score (nSPS) is 13.5. The smallest absolute Gasteiger partial charge is 0.242 e. The lowest BCUT2D eigenvalue weighted by atomic mass is 10.1. The maximum atomic E-state index is 5.33. The van der Waals surface area contributed by atoms with Crippen molar-refractivity contribution in [1.29, 1.82) is 0 Å². The average Bonchev–Trinajstić information content (AvgIpc) is 2.85. The molecule has 3 heterocycles. The number of anilines is 1. The van der Waals surface area contributed by atoms with Crippen molar-refractivity contribution >= 4 is 29.3 Å². The molecule has 31 heavy (non-hydrogen) atoms. The van der Waals surface area contributed by atoms with E-state index in [4.69, 9.17) is 9.47 Å². The van der Waals surface area contributed by atoms with Crippen LogP contribution in [0.2, 0.25) is 0 Å². The van der Waals surface area contributed by atoms with Crippen LogP contribution in [0.15, 0.2) is 42.7 Å². The van der Waals surface area contributed by atoms with E-state index in [2.05, 4.69) is 56.4 Å². The van der Waals surface area contributed by atoms with E-state index in [0.29, 0.717) is 11.4 Å². The third-order valence-corrected chi connectivity index (χ3v) is 4.85. The molecule has 0 saturated carbocycles. The van der Waals surface area contributed by atoms with Crippen LogP contribution in [0.5, 0.6) is 5.88 Å². The number of rotatable bonds is 4. The summed E-state index contributed by atoms with van der Waals surface area (Å²) < 4.78 is 10.5. The Morgan fingerprint density at radius 3 is 2.26 bits per heavy atom. The Hall–Kier alpha value is -2.42. The third kappa shape index (κ3) is 7.05. The number of hydrogen-bond acceptors (Lipinski definition) is 8. The summed E-state index contributed by atoms with van der Waals surface area (Å²) in [5.74, 6) is 0.493. The molecular formula is C23H33N5O2S.